The van der Waals surface area contributed by atoms with Gasteiger partial charge in [-0.15, -0.1) is 0 Å². The number of rotatable bonds is 3. The number of anilines is 1. The number of para-hydroxylation sites is 1. The van der Waals surface area contributed by atoms with E-state index < -0.39 is 11.9 Å². The minimum atomic E-state index is -0.675. The maximum atomic E-state index is 13.0. The summed E-state index contributed by atoms with van der Waals surface area (Å²) < 4.78 is 11.3. The van der Waals surface area contributed by atoms with E-state index in [1.54, 1.807) is 12.1 Å². The van der Waals surface area contributed by atoms with Gasteiger partial charge in [-0.2, -0.15) is 0 Å². The van der Waals surface area contributed by atoms with E-state index in [9.17, 15) is 9.59 Å². The lowest BCUT2D eigenvalue weighted by Crippen LogP contribution is -2.46. The van der Waals surface area contributed by atoms with Gasteiger partial charge < -0.3 is 15.2 Å². The molecule has 0 aromatic heterocycles. The summed E-state index contributed by atoms with van der Waals surface area (Å²) in [7, 11) is 0. The minimum absolute atomic E-state index is 0.0779. The molecular weight excluding hydrogens is 368 g/mol. The van der Waals surface area contributed by atoms with Crippen molar-refractivity contribution >= 4 is 29.1 Å². The summed E-state index contributed by atoms with van der Waals surface area (Å²) in [6.45, 7) is 1.07. The van der Waals surface area contributed by atoms with Crippen LogP contribution >= 0.6 is 11.6 Å². The lowest BCUT2D eigenvalue weighted by molar-refractivity contribution is -0.124. The van der Waals surface area contributed by atoms with Gasteiger partial charge >= 0.3 is 0 Å². The molecule has 2 amide bonds. The van der Waals surface area contributed by atoms with Crippen LogP contribution in [0.25, 0.3) is 0 Å². The first-order valence-corrected chi connectivity index (χ1v) is 9.19. The standard InChI is InChI=1S/C20H19ClN2O4/c21-14-8-12(9-17-19(14)27-7-3-6-26-17)10-18(24)23-15-5-2-1-4-13(15)11-16(23)20(22)25/h1-2,4-5,8-9,16H,3,6-7,10-11H2,(H2,22,25)/t16-/m0/s1. The van der Waals surface area contributed by atoms with Crippen LogP contribution in [0.4, 0.5) is 5.69 Å². The minimum Gasteiger partial charge on any atom is -0.489 e. The Bertz CT molecular complexity index is 915. The molecule has 2 N–H and O–H groups in total. The zero-order valence-corrected chi connectivity index (χ0v) is 15.4. The maximum absolute atomic E-state index is 13.0. The summed E-state index contributed by atoms with van der Waals surface area (Å²) in [5.41, 5.74) is 7.90. The van der Waals surface area contributed by atoms with Crippen LogP contribution in [0, 0.1) is 0 Å². The van der Waals surface area contributed by atoms with Crippen molar-refractivity contribution < 1.29 is 19.1 Å². The Labute approximate surface area is 161 Å². The number of benzene rings is 2. The van der Waals surface area contributed by atoms with E-state index >= 15 is 0 Å². The van der Waals surface area contributed by atoms with Crippen LogP contribution in [0.15, 0.2) is 36.4 Å². The molecule has 0 spiro atoms. The van der Waals surface area contributed by atoms with Crippen molar-refractivity contribution in [3.05, 3.63) is 52.5 Å². The lowest BCUT2D eigenvalue weighted by atomic mass is 10.1. The van der Waals surface area contributed by atoms with Crippen molar-refractivity contribution in [3.8, 4) is 11.5 Å². The van der Waals surface area contributed by atoms with Crippen molar-refractivity contribution in [1.82, 2.24) is 0 Å². The highest BCUT2D eigenvalue weighted by atomic mass is 35.5. The molecule has 7 heteroatoms. The van der Waals surface area contributed by atoms with Gasteiger partial charge in [-0.3, -0.25) is 14.5 Å². The molecule has 0 fully saturated rings. The molecule has 2 heterocycles. The zero-order chi connectivity index (χ0) is 19.0. The van der Waals surface area contributed by atoms with E-state index in [0.717, 1.165) is 17.7 Å². The molecule has 1 atom stereocenters. The third kappa shape index (κ3) is 3.32. The monoisotopic (exact) mass is 386 g/mol. The number of halogens is 1. The zero-order valence-electron chi connectivity index (χ0n) is 14.6. The number of hydrogen-bond acceptors (Lipinski definition) is 4. The van der Waals surface area contributed by atoms with Gasteiger partial charge in [0.25, 0.3) is 0 Å². The summed E-state index contributed by atoms with van der Waals surface area (Å²) in [5.74, 6) is 0.313. The molecule has 0 saturated carbocycles. The molecule has 0 bridgehead atoms. The number of nitrogens with two attached hydrogens (primary N) is 1. The number of hydrogen-bond donors (Lipinski definition) is 1. The first-order chi connectivity index (χ1) is 13.0. The molecule has 27 heavy (non-hydrogen) atoms. The molecule has 2 aromatic rings. The fourth-order valence-corrected chi connectivity index (χ4v) is 3.86. The van der Waals surface area contributed by atoms with E-state index in [2.05, 4.69) is 0 Å². The Balaban J connectivity index is 1.63. The molecule has 4 rings (SSSR count). The van der Waals surface area contributed by atoms with Crippen molar-refractivity contribution in [2.45, 2.75) is 25.3 Å². The van der Waals surface area contributed by atoms with Gasteiger partial charge in [-0.25, -0.2) is 0 Å². The molecule has 0 saturated heterocycles. The van der Waals surface area contributed by atoms with E-state index in [1.807, 2.05) is 24.3 Å². The van der Waals surface area contributed by atoms with Gasteiger partial charge in [0.15, 0.2) is 11.5 Å². The topological polar surface area (TPSA) is 81.9 Å². The molecule has 2 aromatic carbocycles. The van der Waals surface area contributed by atoms with E-state index in [0.29, 0.717) is 41.7 Å². The second-order valence-electron chi connectivity index (χ2n) is 6.65. The maximum Gasteiger partial charge on any atom is 0.240 e. The number of amides is 2. The predicted molar refractivity (Wildman–Crippen MR) is 101 cm³/mol. The van der Waals surface area contributed by atoms with E-state index in [1.165, 1.54) is 4.90 Å². The van der Waals surface area contributed by atoms with E-state index in [-0.39, 0.29) is 12.3 Å². The SMILES string of the molecule is NC(=O)[C@@H]1Cc2ccccc2N1C(=O)Cc1cc(Cl)c2c(c1)OCCCO2. The number of primary amides is 1. The third-order valence-corrected chi connectivity index (χ3v) is 5.07. The van der Waals surface area contributed by atoms with Crippen molar-refractivity contribution in [2.75, 3.05) is 18.1 Å². The molecule has 2 aliphatic rings. The van der Waals surface area contributed by atoms with Gasteiger partial charge in [-0.05, 0) is 29.3 Å². The van der Waals surface area contributed by atoms with Crippen LogP contribution in [-0.4, -0.2) is 31.1 Å². The van der Waals surface area contributed by atoms with Gasteiger partial charge in [0.05, 0.1) is 24.7 Å². The summed E-state index contributed by atoms with van der Waals surface area (Å²) in [5, 5.41) is 0.408. The molecular formula is C20H19ClN2O4. The molecule has 0 unspecified atom stereocenters. The molecule has 140 valence electrons. The highest BCUT2D eigenvalue weighted by Gasteiger charge is 2.37. The Hall–Kier alpha value is -2.73. The van der Waals surface area contributed by atoms with Gasteiger partial charge in [-0.1, -0.05) is 29.8 Å². The fourth-order valence-electron chi connectivity index (χ4n) is 3.57. The highest BCUT2D eigenvalue weighted by Crippen LogP contribution is 2.39. The number of fused-ring (bicyclic) bond motifs is 2. The Morgan fingerprint density at radius 3 is 2.78 bits per heavy atom. The van der Waals surface area contributed by atoms with Gasteiger partial charge in [0, 0.05) is 18.5 Å². The van der Waals surface area contributed by atoms with Gasteiger partial charge in [0.1, 0.15) is 6.04 Å². The quantitative estimate of drug-likeness (QED) is 0.878. The Kier molecular flexibility index (Phi) is 4.66. The third-order valence-electron chi connectivity index (χ3n) is 4.79. The summed E-state index contributed by atoms with van der Waals surface area (Å²) in [6, 6.07) is 10.3. The molecule has 6 nitrogen and oxygen atoms in total. The first-order valence-electron chi connectivity index (χ1n) is 8.82. The number of carbonyl (C=O) groups is 2. The average Bonchev–Trinajstić information content (AvgIpc) is 2.87. The number of nitrogens with zero attached hydrogens (tertiary/aromatic N) is 1. The predicted octanol–water partition coefficient (Wildman–Crippen LogP) is 2.49. The molecule has 0 radical (unpaired) electrons. The van der Waals surface area contributed by atoms with Gasteiger partial charge in [0.2, 0.25) is 11.8 Å². The smallest absolute Gasteiger partial charge is 0.240 e. The van der Waals surface area contributed by atoms with Crippen molar-refractivity contribution in [2.24, 2.45) is 5.73 Å². The largest absolute Gasteiger partial charge is 0.489 e. The first kappa shape index (κ1) is 17.7. The average molecular weight is 387 g/mol. The van der Waals surface area contributed by atoms with Crippen LogP contribution in [-0.2, 0) is 22.4 Å². The lowest BCUT2D eigenvalue weighted by Gasteiger charge is -2.23. The Morgan fingerprint density at radius 2 is 1.96 bits per heavy atom. The van der Waals surface area contributed by atoms with Crippen molar-refractivity contribution in [3.63, 3.8) is 0 Å². The second kappa shape index (κ2) is 7.12. The number of ether oxygens (including phenoxy) is 2. The van der Waals surface area contributed by atoms with Crippen LogP contribution in [0.3, 0.4) is 0 Å². The fraction of sp³-hybridized carbons (Fsp3) is 0.300. The van der Waals surface area contributed by atoms with Crippen LogP contribution in [0.1, 0.15) is 17.5 Å². The summed E-state index contributed by atoms with van der Waals surface area (Å²) in [6.07, 6.45) is 1.28. The summed E-state index contributed by atoms with van der Waals surface area (Å²) >= 11 is 6.32. The van der Waals surface area contributed by atoms with E-state index in [4.69, 9.17) is 26.8 Å². The summed E-state index contributed by atoms with van der Waals surface area (Å²) in [4.78, 5) is 26.4. The van der Waals surface area contributed by atoms with Crippen molar-refractivity contribution in [1.29, 1.82) is 0 Å². The molecule has 2 aliphatic heterocycles. The van der Waals surface area contributed by atoms with Crippen LogP contribution in [0.5, 0.6) is 11.5 Å². The van der Waals surface area contributed by atoms with Crippen LogP contribution in [0.2, 0.25) is 5.02 Å². The number of carbonyl (C=O) groups excluding carboxylic acids is 2. The normalized spacial score (nSPS) is 18.0. The molecule has 0 aliphatic carbocycles. The van der Waals surface area contributed by atoms with Crippen LogP contribution < -0.4 is 20.1 Å². The second-order valence-corrected chi connectivity index (χ2v) is 7.05. The Morgan fingerprint density at radius 1 is 1.19 bits per heavy atom. The highest BCUT2D eigenvalue weighted by molar-refractivity contribution is 6.32.